The van der Waals surface area contributed by atoms with E-state index in [1.54, 1.807) is 0 Å². The Kier molecular flexibility index (Phi) is 4.94. The molecule has 59 valence electrons. The minimum Gasteiger partial charge on any atom is -0.481 e. The van der Waals surface area contributed by atoms with Crippen LogP contribution in [-0.2, 0) is 9.90 Å². The van der Waals surface area contributed by atoms with Crippen LogP contribution in [0, 0.1) is 5.92 Å². The fraction of sp³-hybridized carbons (Fsp3) is 0.857. The average molecular weight is 145 g/mol. The minimum absolute atomic E-state index is 0.491. The molecule has 0 aromatic carbocycles. The standard InChI is InChI=1S/C7H13O3/c1-2-3-4-6(5-8)7(9)10/h6H,2-5H2,1H3,(H,9,10). The second-order valence-electron chi connectivity index (χ2n) is 2.34. The van der Waals surface area contributed by atoms with E-state index in [9.17, 15) is 9.90 Å². The van der Waals surface area contributed by atoms with Gasteiger partial charge in [-0.1, -0.05) is 19.8 Å². The van der Waals surface area contributed by atoms with Gasteiger partial charge in [-0.2, -0.15) is 0 Å². The van der Waals surface area contributed by atoms with Crippen LogP contribution in [0.3, 0.4) is 0 Å². The van der Waals surface area contributed by atoms with E-state index < -0.39 is 18.5 Å². The maximum atomic E-state index is 10.2. The van der Waals surface area contributed by atoms with Gasteiger partial charge in [0, 0.05) is 0 Å². The first kappa shape index (κ1) is 9.43. The molecule has 0 amide bonds. The number of carbonyl (C=O) groups is 1. The average Bonchev–Trinajstić information content (AvgIpc) is 1.89. The van der Waals surface area contributed by atoms with Gasteiger partial charge >= 0.3 is 5.97 Å². The Hall–Kier alpha value is -0.570. The molecule has 10 heavy (non-hydrogen) atoms. The van der Waals surface area contributed by atoms with E-state index in [1.165, 1.54) is 0 Å². The monoisotopic (exact) mass is 145 g/mol. The highest BCUT2D eigenvalue weighted by Crippen LogP contribution is 2.07. The third-order valence-electron chi connectivity index (χ3n) is 1.46. The lowest BCUT2D eigenvalue weighted by molar-refractivity contribution is -0.144. The van der Waals surface area contributed by atoms with Gasteiger partial charge in [-0.25, -0.2) is 5.11 Å². The molecule has 0 aliphatic carbocycles. The van der Waals surface area contributed by atoms with Crippen LogP contribution in [0.4, 0.5) is 0 Å². The van der Waals surface area contributed by atoms with Gasteiger partial charge in [0.2, 0.25) is 0 Å². The Labute approximate surface area is 60.7 Å². The van der Waals surface area contributed by atoms with E-state index in [4.69, 9.17) is 5.11 Å². The second kappa shape index (κ2) is 5.23. The number of hydrogen-bond donors (Lipinski definition) is 1. The molecule has 0 fully saturated rings. The van der Waals surface area contributed by atoms with Crippen molar-refractivity contribution in [2.24, 2.45) is 5.92 Å². The zero-order chi connectivity index (χ0) is 7.98. The Balaban J connectivity index is 3.50. The zero-order valence-electron chi connectivity index (χ0n) is 6.17. The molecule has 0 aliphatic heterocycles. The highest BCUT2D eigenvalue weighted by molar-refractivity contribution is 5.69. The summed E-state index contributed by atoms with van der Waals surface area (Å²) in [5.74, 6) is -1.62. The van der Waals surface area contributed by atoms with Gasteiger partial charge in [0.25, 0.3) is 0 Å². The van der Waals surface area contributed by atoms with Crippen LogP contribution in [0.25, 0.3) is 0 Å². The van der Waals surface area contributed by atoms with Crippen molar-refractivity contribution in [3.63, 3.8) is 0 Å². The number of carboxylic acid groups (broad SMARTS) is 1. The van der Waals surface area contributed by atoms with Crippen LogP contribution in [-0.4, -0.2) is 17.7 Å². The van der Waals surface area contributed by atoms with E-state index in [1.807, 2.05) is 6.92 Å². The molecular weight excluding hydrogens is 132 g/mol. The number of unbranched alkanes of at least 4 members (excludes halogenated alkanes) is 1. The van der Waals surface area contributed by atoms with Crippen molar-refractivity contribution in [3.05, 3.63) is 0 Å². The summed E-state index contributed by atoms with van der Waals surface area (Å²) in [6, 6.07) is 0. The number of hydrogen-bond acceptors (Lipinski definition) is 1. The summed E-state index contributed by atoms with van der Waals surface area (Å²) in [5.41, 5.74) is 0. The van der Waals surface area contributed by atoms with Gasteiger partial charge in [-0.15, -0.1) is 0 Å². The lowest BCUT2D eigenvalue weighted by Gasteiger charge is -2.04. The normalized spacial score (nSPS) is 13.0. The van der Waals surface area contributed by atoms with E-state index >= 15 is 0 Å². The molecule has 3 nitrogen and oxygen atoms in total. The SMILES string of the molecule is CCCCC(C[O])C(=O)O. The third-order valence-corrected chi connectivity index (χ3v) is 1.46. The minimum atomic E-state index is -0.955. The Morgan fingerprint density at radius 2 is 2.20 bits per heavy atom. The largest absolute Gasteiger partial charge is 0.481 e. The van der Waals surface area contributed by atoms with Crippen molar-refractivity contribution >= 4 is 5.97 Å². The molecule has 1 unspecified atom stereocenters. The number of aliphatic carboxylic acids is 1. The highest BCUT2D eigenvalue weighted by Gasteiger charge is 2.15. The smallest absolute Gasteiger partial charge is 0.308 e. The van der Waals surface area contributed by atoms with Crippen LogP contribution in [0.5, 0.6) is 0 Å². The first-order valence-electron chi connectivity index (χ1n) is 3.53. The number of rotatable bonds is 5. The lowest BCUT2D eigenvalue weighted by Crippen LogP contribution is -2.16. The van der Waals surface area contributed by atoms with Crippen molar-refractivity contribution in [2.75, 3.05) is 6.61 Å². The predicted molar refractivity (Wildman–Crippen MR) is 36.2 cm³/mol. The van der Waals surface area contributed by atoms with Gasteiger partial charge in [0.05, 0.1) is 12.5 Å². The Morgan fingerprint density at radius 3 is 2.50 bits per heavy atom. The molecule has 0 rings (SSSR count). The topological polar surface area (TPSA) is 57.2 Å². The summed E-state index contributed by atoms with van der Waals surface area (Å²) < 4.78 is 0. The third kappa shape index (κ3) is 3.45. The van der Waals surface area contributed by atoms with E-state index in [0.29, 0.717) is 6.42 Å². The lowest BCUT2D eigenvalue weighted by atomic mass is 10.0. The first-order valence-corrected chi connectivity index (χ1v) is 3.53. The molecule has 0 saturated heterocycles. The second-order valence-corrected chi connectivity index (χ2v) is 2.34. The van der Waals surface area contributed by atoms with Gasteiger partial charge < -0.3 is 5.11 Å². The van der Waals surface area contributed by atoms with E-state index in [0.717, 1.165) is 12.8 Å². The van der Waals surface area contributed by atoms with Gasteiger partial charge in [-0.3, -0.25) is 4.79 Å². The summed E-state index contributed by atoms with van der Waals surface area (Å²) >= 11 is 0. The summed E-state index contributed by atoms with van der Waals surface area (Å²) in [5, 5.41) is 18.6. The van der Waals surface area contributed by atoms with Gasteiger partial charge in [-0.05, 0) is 6.42 Å². The summed E-state index contributed by atoms with van der Waals surface area (Å²) in [7, 11) is 0. The van der Waals surface area contributed by atoms with E-state index in [2.05, 4.69) is 0 Å². The summed E-state index contributed by atoms with van der Waals surface area (Å²) in [4.78, 5) is 10.2. The van der Waals surface area contributed by atoms with Crippen molar-refractivity contribution in [3.8, 4) is 0 Å². The van der Waals surface area contributed by atoms with E-state index in [-0.39, 0.29) is 0 Å². The molecule has 0 saturated carbocycles. The highest BCUT2D eigenvalue weighted by atomic mass is 16.4. The summed E-state index contributed by atoms with van der Waals surface area (Å²) in [6.45, 7) is 1.49. The van der Waals surface area contributed by atoms with Crippen molar-refractivity contribution in [1.29, 1.82) is 0 Å². The van der Waals surface area contributed by atoms with Crippen LogP contribution in [0.2, 0.25) is 0 Å². The maximum Gasteiger partial charge on any atom is 0.308 e. The number of carboxylic acids is 1. The van der Waals surface area contributed by atoms with Crippen molar-refractivity contribution < 1.29 is 15.0 Å². The Bertz CT molecular complexity index is 101. The zero-order valence-corrected chi connectivity index (χ0v) is 6.17. The predicted octanol–water partition coefficient (Wildman–Crippen LogP) is 1.31. The molecule has 0 spiro atoms. The molecule has 0 aromatic heterocycles. The molecule has 1 radical (unpaired) electrons. The molecular formula is C7H13O3. The fourth-order valence-electron chi connectivity index (χ4n) is 0.729. The van der Waals surface area contributed by atoms with Gasteiger partial charge in [0.15, 0.2) is 0 Å². The van der Waals surface area contributed by atoms with Gasteiger partial charge in [0.1, 0.15) is 0 Å². The van der Waals surface area contributed by atoms with Crippen LogP contribution >= 0.6 is 0 Å². The van der Waals surface area contributed by atoms with Crippen molar-refractivity contribution in [2.45, 2.75) is 26.2 Å². The quantitative estimate of drug-likeness (QED) is 0.634. The Morgan fingerprint density at radius 1 is 1.60 bits per heavy atom. The summed E-state index contributed by atoms with van der Waals surface area (Å²) in [6.07, 6.45) is 2.30. The van der Waals surface area contributed by atoms with Crippen LogP contribution in [0.1, 0.15) is 26.2 Å². The molecule has 0 bridgehead atoms. The molecule has 0 heterocycles. The van der Waals surface area contributed by atoms with Crippen LogP contribution < -0.4 is 0 Å². The maximum absolute atomic E-state index is 10.2. The molecule has 0 aliphatic rings. The van der Waals surface area contributed by atoms with Crippen molar-refractivity contribution in [1.82, 2.24) is 0 Å². The van der Waals surface area contributed by atoms with Crippen LogP contribution in [0.15, 0.2) is 0 Å². The molecule has 1 atom stereocenters. The molecule has 0 aromatic rings. The fourth-order valence-corrected chi connectivity index (χ4v) is 0.729. The first-order chi connectivity index (χ1) is 4.72. The molecule has 1 N–H and O–H groups in total. The molecule has 3 heteroatoms.